The minimum Gasteiger partial charge on any atom is -0.489 e. The summed E-state index contributed by atoms with van der Waals surface area (Å²) >= 11 is 6.56. The zero-order valence-corrected chi connectivity index (χ0v) is 28.1. The van der Waals surface area contributed by atoms with Crippen LogP contribution in [0.15, 0.2) is 60.8 Å². The van der Waals surface area contributed by atoms with Crippen molar-refractivity contribution in [2.45, 2.75) is 50.4 Å². The normalized spacial score (nSPS) is 18.5. The average Bonchev–Trinajstić information content (AvgIpc) is 3.68. The summed E-state index contributed by atoms with van der Waals surface area (Å²) in [6.07, 6.45) is 2.54. The predicted molar refractivity (Wildman–Crippen MR) is 184 cm³/mol. The highest BCUT2D eigenvalue weighted by Crippen LogP contribution is 2.41. The number of rotatable bonds is 11. The Hall–Kier alpha value is -3.73. The van der Waals surface area contributed by atoms with Gasteiger partial charge in [-0.05, 0) is 62.2 Å². The first-order chi connectivity index (χ1) is 22.7. The maximum absolute atomic E-state index is 13.6. The molecular formula is C34H32ClFN4O5S2. The fourth-order valence-corrected chi connectivity index (χ4v) is 8.36. The van der Waals surface area contributed by atoms with Gasteiger partial charge in [0.2, 0.25) is 5.91 Å². The highest BCUT2D eigenvalue weighted by Gasteiger charge is 2.33. The van der Waals surface area contributed by atoms with Crippen LogP contribution >= 0.6 is 33.2 Å². The number of pyridine rings is 1. The molecule has 0 aliphatic carbocycles. The van der Waals surface area contributed by atoms with Crippen molar-refractivity contribution in [1.29, 1.82) is 5.26 Å². The zero-order valence-electron chi connectivity index (χ0n) is 25.7. The lowest BCUT2D eigenvalue weighted by Gasteiger charge is -2.19. The molecule has 2 unspecified atom stereocenters. The van der Waals surface area contributed by atoms with Crippen molar-refractivity contribution in [2.75, 3.05) is 29.6 Å². The van der Waals surface area contributed by atoms with E-state index in [0.717, 1.165) is 12.2 Å². The fraction of sp³-hybridized carbons (Fsp3) is 0.324. The molecule has 0 saturated carbocycles. The monoisotopic (exact) mass is 694 g/mol. The summed E-state index contributed by atoms with van der Waals surface area (Å²) in [7, 11) is 3.51. The van der Waals surface area contributed by atoms with Gasteiger partial charge in [-0.1, -0.05) is 45.3 Å². The second-order valence-corrected chi connectivity index (χ2v) is 14.8. The van der Waals surface area contributed by atoms with E-state index in [-0.39, 0.29) is 36.3 Å². The summed E-state index contributed by atoms with van der Waals surface area (Å²) in [5.41, 5.74) is 3.05. The molecule has 3 aromatic carbocycles. The van der Waals surface area contributed by atoms with Crippen LogP contribution in [0.5, 0.6) is 11.5 Å². The Morgan fingerprint density at radius 3 is 2.79 bits per heavy atom. The maximum atomic E-state index is 13.6. The second kappa shape index (κ2) is 14.6. The Labute approximate surface area is 284 Å². The number of hydrogen-bond acceptors (Lipinski definition) is 10. The van der Waals surface area contributed by atoms with Gasteiger partial charge in [0.25, 0.3) is 0 Å². The molecule has 6 rings (SSSR count). The third kappa shape index (κ3) is 8.41. The standard InChI is InChI=1S/C34H32ClFN4O5S2/c1-34(2)44-19-24(45-34)18-43-31-14-28-26(13-29(31)40-32(41)12-25-8-9-46-47-25)33(21(15-37)16-38-28)39-23-6-7-30(27(35)11-23)42-17-20-4-3-5-22(36)10-20/h3-7,10-11,13-14,16,24-25H,8-9,12,17-19H2,1-2H3,(H,38,39)(H,40,41). The van der Waals surface area contributed by atoms with Crippen LogP contribution in [0.3, 0.4) is 0 Å². The number of anilines is 3. The number of carbonyl (C=O) groups excluding carboxylic acids is 1. The summed E-state index contributed by atoms with van der Waals surface area (Å²) in [4.78, 5) is 17.7. The zero-order chi connectivity index (χ0) is 33.0. The molecule has 1 amide bonds. The van der Waals surface area contributed by atoms with E-state index < -0.39 is 5.79 Å². The van der Waals surface area contributed by atoms with E-state index in [9.17, 15) is 14.4 Å². The number of aromatic nitrogens is 1. The quantitative estimate of drug-likeness (QED) is 0.149. The van der Waals surface area contributed by atoms with Crippen LogP contribution in [0.4, 0.5) is 21.5 Å². The Bertz CT molecular complexity index is 1830. The Kier molecular flexibility index (Phi) is 10.3. The number of fused-ring (bicyclic) bond motifs is 1. The number of nitrogens with one attached hydrogen (secondary N) is 2. The van der Waals surface area contributed by atoms with E-state index in [1.165, 1.54) is 18.3 Å². The van der Waals surface area contributed by atoms with E-state index in [1.807, 2.05) is 13.8 Å². The number of ether oxygens (including phenoxy) is 4. The van der Waals surface area contributed by atoms with Crippen molar-refractivity contribution in [3.05, 3.63) is 82.8 Å². The van der Waals surface area contributed by atoms with Crippen molar-refractivity contribution < 1.29 is 28.1 Å². The number of nitrogens with zero attached hydrogens (tertiary/aromatic N) is 2. The molecule has 2 fully saturated rings. The molecule has 2 aliphatic rings. The molecule has 244 valence electrons. The number of nitriles is 1. The van der Waals surface area contributed by atoms with Gasteiger partial charge in [0.1, 0.15) is 42.7 Å². The predicted octanol–water partition coefficient (Wildman–Crippen LogP) is 8.23. The van der Waals surface area contributed by atoms with Crippen molar-refractivity contribution in [3.8, 4) is 17.6 Å². The Balaban J connectivity index is 1.27. The number of hydrogen-bond donors (Lipinski definition) is 2. The van der Waals surface area contributed by atoms with Crippen molar-refractivity contribution >= 4 is 67.1 Å². The molecule has 1 aromatic heterocycles. The highest BCUT2D eigenvalue weighted by atomic mass is 35.5. The first-order valence-electron chi connectivity index (χ1n) is 15.0. The first kappa shape index (κ1) is 33.2. The highest BCUT2D eigenvalue weighted by molar-refractivity contribution is 8.77. The van der Waals surface area contributed by atoms with Gasteiger partial charge < -0.3 is 29.6 Å². The molecule has 0 bridgehead atoms. The van der Waals surface area contributed by atoms with Gasteiger partial charge in [-0.15, -0.1) is 0 Å². The summed E-state index contributed by atoms with van der Waals surface area (Å²) in [6, 6.07) is 17.0. The van der Waals surface area contributed by atoms with Gasteiger partial charge in [-0.2, -0.15) is 5.26 Å². The third-order valence-corrected chi connectivity index (χ3v) is 10.7. The van der Waals surface area contributed by atoms with Gasteiger partial charge >= 0.3 is 0 Å². The number of amides is 1. The summed E-state index contributed by atoms with van der Waals surface area (Å²) in [5.74, 6) is 0.704. The van der Waals surface area contributed by atoms with E-state index in [2.05, 4.69) is 21.7 Å². The molecule has 3 heterocycles. The number of carbonyl (C=O) groups is 1. The minimum atomic E-state index is -0.699. The SMILES string of the molecule is CC1(C)OCC(COc2cc3ncc(C#N)c(Nc4ccc(OCc5cccc(F)c5)c(Cl)c4)c3cc2NC(=O)CC2CCSS2)O1. The molecule has 2 aliphatic heterocycles. The van der Waals surface area contributed by atoms with Crippen LogP contribution in [-0.2, 0) is 20.9 Å². The van der Waals surface area contributed by atoms with Gasteiger partial charge in [-0.25, -0.2) is 4.39 Å². The lowest BCUT2D eigenvalue weighted by Crippen LogP contribution is -2.25. The number of halogens is 2. The molecule has 0 radical (unpaired) electrons. The molecular weight excluding hydrogens is 663 g/mol. The largest absolute Gasteiger partial charge is 0.489 e. The van der Waals surface area contributed by atoms with Crippen molar-refractivity contribution in [2.24, 2.45) is 0 Å². The van der Waals surface area contributed by atoms with E-state index in [1.54, 1.807) is 64.1 Å². The minimum absolute atomic E-state index is 0.129. The Morgan fingerprint density at radius 2 is 2.06 bits per heavy atom. The second-order valence-electron chi connectivity index (χ2n) is 11.6. The van der Waals surface area contributed by atoms with E-state index >= 15 is 0 Å². The number of benzene rings is 3. The lowest BCUT2D eigenvalue weighted by molar-refractivity contribution is -0.141. The van der Waals surface area contributed by atoms with Crippen LogP contribution in [0.2, 0.25) is 5.02 Å². The van der Waals surface area contributed by atoms with Crippen LogP contribution in [-0.4, -0.2) is 47.0 Å². The first-order valence-corrected chi connectivity index (χ1v) is 17.7. The Morgan fingerprint density at radius 1 is 1.19 bits per heavy atom. The van der Waals surface area contributed by atoms with Gasteiger partial charge in [0.05, 0.1) is 34.1 Å². The van der Waals surface area contributed by atoms with Crippen LogP contribution in [0.25, 0.3) is 10.9 Å². The van der Waals surface area contributed by atoms with Gasteiger partial charge in [-0.3, -0.25) is 9.78 Å². The molecule has 2 N–H and O–H groups in total. The average molecular weight is 695 g/mol. The van der Waals surface area contributed by atoms with Gasteiger partial charge in [0.15, 0.2) is 5.79 Å². The van der Waals surface area contributed by atoms with Crippen LogP contribution < -0.4 is 20.1 Å². The molecule has 4 aromatic rings. The van der Waals surface area contributed by atoms with Crippen molar-refractivity contribution in [1.82, 2.24) is 4.98 Å². The van der Waals surface area contributed by atoms with E-state index in [4.69, 9.17) is 30.5 Å². The summed E-state index contributed by atoms with van der Waals surface area (Å²) in [5, 5.41) is 17.5. The summed E-state index contributed by atoms with van der Waals surface area (Å²) < 4.78 is 37.2. The molecule has 9 nitrogen and oxygen atoms in total. The van der Waals surface area contributed by atoms with Crippen molar-refractivity contribution in [3.63, 3.8) is 0 Å². The molecule has 2 saturated heterocycles. The third-order valence-electron chi connectivity index (χ3n) is 7.48. The lowest BCUT2D eigenvalue weighted by atomic mass is 10.1. The molecule has 2 atom stereocenters. The molecule has 13 heteroatoms. The molecule has 47 heavy (non-hydrogen) atoms. The van der Waals surface area contributed by atoms with Gasteiger partial charge in [0, 0.05) is 40.8 Å². The maximum Gasteiger partial charge on any atom is 0.225 e. The fourth-order valence-electron chi connectivity index (χ4n) is 5.23. The van der Waals surface area contributed by atoms with Crippen LogP contribution in [0.1, 0.15) is 37.8 Å². The topological polar surface area (TPSA) is 115 Å². The summed E-state index contributed by atoms with van der Waals surface area (Å²) in [6.45, 7) is 4.43. The van der Waals surface area contributed by atoms with Crippen LogP contribution in [0, 0.1) is 17.1 Å². The molecule has 0 spiro atoms. The smallest absolute Gasteiger partial charge is 0.225 e. The van der Waals surface area contributed by atoms with E-state index in [0.29, 0.717) is 68.6 Å².